The van der Waals surface area contributed by atoms with E-state index in [9.17, 15) is 9.50 Å². The minimum absolute atomic E-state index is 0.200. The third-order valence-electron chi connectivity index (χ3n) is 3.80. The molecule has 0 aromatic heterocycles. The van der Waals surface area contributed by atoms with Crippen LogP contribution in [0.3, 0.4) is 0 Å². The molecule has 4 heteroatoms. The van der Waals surface area contributed by atoms with Crippen molar-refractivity contribution in [2.75, 3.05) is 0 Å². The van der Waals surface area contributed by atoms with Crippen LogP contribution in [0, 0.1) is 5.82 Å². The second-order valence-corrected chi connectivity index (χ2v) is 5.70. The Morgan fingerprint density at radius 3 is 2.95 bits per heavy atom. The van der Waals surface area contributed by atoms with Crippen LogP contribution in [0.1, 0.15) is 35.6 Å². The average Bonchev–Trinajstić information content (AvgIpc) is 2.49. The largest absolute Gasteiger partial charge is 0.489 e. The van der Waals surface area contributed by atoms with Gasteiger partial charge in [0.15, 0.2) is 0 Å². The second-order valence-electron chi connectivity index (χ2n) is 5.29. The summed E-state index contributed by atoms with van der Waals surface area (Å²) in [5.41, 5.74) is 2.71. The number of rotatable bonds is 3. The van der Waals surface area contributed by atoms with Crippen LogP contribution in [0.4, 0.5) is 4.39 Å². The van der Waals surface area contributed by atoms with Crippen molar-refractivity contribution in [3.05, 3.63) is 63.9 Å². The zero-order chi connectivity index (χ0) is 14.8. The van der Waals surface area contributed by atoms with Gasteiger partial charge in [0.1, 0.15) is 18.2 Å². The summed E-state index contributed by atoms with van der Waals surface area (Å²) in [4.78, 5) is 0. The summed E-state index contributed by atoms with van der Waals surface area (Å²) in [7, 11) is 0. The first-order valence-electron chi connectivity index (χ1n) is 7.01. The molecule has 1 atom stereocenters. The third kappa shape index (κ3) is 3.20. The van der Waals surface area contributed by atoms with Crippen LogP contribution in [-0.2, 0) is 13.0 Å². The zero-order valence-electron chi connectivity index (χ0n) is 11.5. The molecular formula is C17H16ClFO2. The summed E-state index contributed by atoms with van der Waals surface area (Å²) in [6.45, 7) is 0.200. The van der Waals surface area contributed by atoms with Crippen molar-refractivity contribution in [3.8, 4) is 5.75 Å². The molecule has 0 saturated heterocycles. The molecule has 0 unspecified atom stereocenters. The molecule has 110 valence electrons. The van der Waals surface area contributed by atoms with Gasteiger partial charge < -0.3 is 9.84 Å². The Balaban J connectivity index is 1.76. The Morgan fingerprint density at radius 1 is 1.24 bits per heavy atom. The highest BCUT2D eigenvalue weighted by molar-refractivity contribution is 6.31. The molecule has 0 bridgehead atoms. The van der Waals surface area contributed by atoms with Crippen molar-refractivity contribution in [1.29, 1.82) is 0 Å². The van der Waals surface area contributed by atoms with Crippen LogP contribution in [0.25, 0.3) is 0 Å². The van der Waals surface area contributed by atoms with E-state index in [0.717, 1.165) is 24.8 Å². The van der Waals surface area contributed by atoms with Gasteiger partial charge in [0, 0.05) is 10.6 Å². The zero-order valence-corrected chi connectivity index (χ0v) is 12.2. The predicted molar refractivity (Wildman–Crippen MR) is 80.1 cm³/mol. The molecule has 0 amide bonds. The fraction of sp³-hybridized carbons (Fsp3) is 0.294. The number of hydrogen-bond acceptors (Lipinski definition) is 2. The number of aryl methyl sites for hydroxylation is 1. The van der Waals surface area contributed by atoms with Crippen molar-refractivity contribution in [2.24, 2.45) is 0 Å². The Bertz CT molecular complexity index is 657. The molecular weight excluding hydrogens is 291 g/mol. The average molecular weight is 307 g/mol. The van der Waals surface area contributed by atoms with Gasteiger partial charge in [0.05, 0.1) is 6.10 Å². The van der Waals surface area contributed by atoms with Crippen molar-refractivity contribution < 1.29 is 14.2 Å². The quantitative estimate of drug-likeness (QED) is 0.909. The molecule has 1 aliphatic rings. The highest BCUT2D eigenvalue weighted by Crippen LogP contribution is 2.32. The lowest BCUT2D eigenvalue weighted by Crippen LogP contribution is -2.09. The first-order chi connectivity index (χ1) is 10.1. The van der Waals surface area contributed by atoms with E-state index < -0.39 is 6.10 Å². The van der Waals surface area contributed by atoms with Gasteiger partial charge in [-0.25, -0.2) is 4.39 Å². The van der Waals surface area contributed by atoms with E-state index in [1.165, 1.54) is 23.8 Å². The van der Waals surface area contributed by atoms with Gasteiger partial charge in [-0.15, -0.1) is 0 Å². The van der Waals surface area contributed by atoms with Gasteiger partial charge in [-0.05, 0) is 60.7 Å². The van der Waals surface area contributed by atoms with E-state index in [4.69, 9.17) is 16.3 Å². The molecule has 2 aromatic rings. The van der Waals surface area contributed by atoms with E-state index in [1.54, 1.807) is 0 Å². The second kappa shape index (κ2) is 6.04. The summed E-state index contributed by atoms with van der Waals surface area (Å²) >= 11 is 6.01. The molecule has 3 rings (SSSR count). The van der Waals surface area contributed by atoms with Crippen molar-refractivity contribution in [3.63, 3.8) is 0 Å². The van der Waals surface area contributed by atoms with E-state index in [2.05, 4.69) is 0 Å². The molecule has 0 aliphatic heterocycles. The molecule has 0 saturated carbocycles. The highest BCUT2D eigenvalue weighted by atomic mass is 35.5. The summed E-state index contributed by atoms with van der Waals surface area (Å²) in [6.07, 6.45) is 2.36. The number of benzene rings is 2. The van der Waals surface area contributed by atoms with Crippen molar-refractivity contribution in [1.82, 2.24) is 0 Å². The Labute approximate surface area is 128 Å². The fourth-order valence-electron chi connectivity index (χ4n) is 2.66. The molecule has 21 heavy (non-hydrogen) atoms. The summed E-state index contributed by atoms with van der Waals surface area (Å²) in [5, 5.41) is 10.5. The Hall–Kier alpha value is -1.58. The van der Waals surface area contributed by atoms with Crippen LogP contribution in [0.2, 0.25) is 5.02 Å². The Morgan fingerprint density at radius 2 is 2.10 bits per heavy atom. The molecule has 2 aromatic carbocycles. The van der Waals surface area contributed by atoms with Crippen LogP contribution >= 0.6 is 11.6 Å². The van der Waals surface area contributed by atoms with Crippen LogP contribution in [0.15, 0.2) is 36.4 Å². The van der Waals surface area contributed by atoms with Gasteiger partial charge in [-0.2, -0.15) is 0 Å². The van der Waals surface area contributed by atoms with Crippen LogP contribution in [-0.4, -0.2) is 5.11 Å². The summed E-state index contributed by atoms with van der Waals surface area (Å²) < 4.78 is 18.9. The SMILES string of the molecule is O[C@@H]1CCCc2ccc(OCc3cc(F)ccc3Cl)cc21. The van der Waals surface area contributed by atoms with Crippen molar-refractivity contribution in [2.45, 2.75) is 32.0 Å². The highest BCUT2D eigenvalue weighted by Gasteiger charge is 2.18. The smallest absolute Gasteiger partial charge is 0.123 e. The summed E-state index contributed by atoms with van der Waals surface area (Å²) in [6, 6.07) is 9.94. The molecule has 2 nitrogen and oxygen atoms in total. The van der Waals surface area contributed by atoms with E-state index >= 15 is 0 Å². The van der Waals surface area contributed by atoms with E-state index in [1.807, 2.05) is 18.2 Å². The van der Waals surface area contributed by atoms with Gasteiger partial charge in [0.25, 0.3) is 0 Å². The first kappa shape index (κ1) is 14.4. The maximum Gasteiger partial charge on any atom is 0.123 e. The van der Waals surface area contributed by atoms with E-state index in [0.29, 0.717) is 16.3 Å². The molecule has 1 N–H and O–H groups in total. The number of halogens is 2. The monoisotopic (exact) mass is 306 g/mol. The minimum Gasteiger partial charge on any atom is -0.489 e. The molecule has 0 heterocycles. The maximum atomic E-state index is 13.2. The number of fused-ring (bicyclic) bond motifs is 1. The number of aliphatic hydroxyl groups excluding tert-OH is 1. The molecule has 0 fully saturated rings. The van der Waals surface area contributed by atoms with E-state index in [-0.39, 0.29) is 12.4 Å². The molecule has 1 aliphatic carbocycles. The van der Waals surface area contributed by atoms with Crippen LogP contribution in [0.5, 0.6) is 5.75 Å². The topological polar surface area (TPSA) is 29.5 Å². The van der Waals surface area contributed by atoms with Gasteiger partial charge in [-0.1, -0.05) is 17.7 Å². The normalized spacial score (nSPS) is 17.4. The van der Waals surface area contributed by atoms with Gasteiger partial charge in [-0.3, -0.25) is 0 Å². The number of hydrogen-bond donors (Lipinski definition) is 1. The lowest BCUT2D eigenvalue weighted by Gasteiger charge is -2.22. The lowest BCUT2D eigenvalue weighted by atomic mass is 9.89. The standard InChI is InChI=1S/C17H16ClFO2/c18-16-7-5-13(19)8-12(16)10-21-14-6-4-11-2-1-3-17(20)15(11)9-14/h4-9,17,20H,1-3,10H2/t17-/m1/s1. The molecule has 0 spiro atoms. The first-order valence-corrected chi connectivity index (χ1v) is 7.39. The number of ether oxygens (including phenoxy) is 1. The third-order valence-corrected chi connectivity index (χ3v) is 4.17. The van der Waals surface area contributed by atoms with Gasteiger partial charge >= 0.3 is 0 Å². The predicted octanol–water partition coefficient (Wildman–Crippen LogP) is 4.43. The lowest BCUT2D eigenvalue weighted by molar-refractivity contribution is 0.156. The fourth-order valence-corrected chi connectivity index (χ4v) is 2.83. The van der Waals surface area contributed by atoms with Crippen molar-refractivity contribution >= 4 is 11.6 Å². The van der Waals surface area contributed by atoms with Crippen LogP contribution < -0.4 is 4.74 Å². The number of aliphatic hydroxyl groups is 1. The minimum atomic E-state index is -0.421. The summed E-state index contributed by atoms with van der Waals surface area (Å²) in [5.74, 6) is 0.328. The maximum absolute atomic E-state index is 13.2. The Kier molecular flexibility index (Phi) is 4.13. The van der Waals surface area contributed by atoms with Gasteiger partial charge in [0.2, 0.25) is 0 Å². The molecule has 0 radical (unpaired) electrons.